The van der Waals surface area contributed by atoms with E-state index in [0.717, 1.165) is 37.1 Å². The third-order valence-electron chi connectivity index (χ3n) is 3.93. The number of benzene rings is 1. The fraction of sp³-hybridized carbons (Fsp3) is 0.467. The number of carbonyl (C=O) groups excluding carboxylic acids is 1. The molecule has 0 amide bonds. The van der Waals surface area contributed by atoms with Crippen LogP contribution >= 0.6 is 0 Å². The summed E-state index contributed by atoms with van der Waals surface area (Å²) in [6.45, 7) is 0. The number of carbonyl (C=O) groups is 1. The van der Waals surface area contributed by atoms with Crippen LogP contribution in [-0.2, 0) is 0 Å². The average Bonchev–Trinajstić information content (AvgIpc) is 2.46. The van der Waals surface area contributed by atoms with Crippen LogP contribution in [0.2, 0.25) is 0 Å². The van der Waals surface area contributed by atoms with Crippen LogP contribution in [0.3, 0.4) is 0 Å². The van der Waals surface area contributed by atoms with E-state index in [9.17, 15) is 4.79 Å². The number of nitrogens with zero attached hydrogens (tertiary/aromatic N) is 1. The van der Waals surface area contributed by atoms with Gasteiger partial charge in [-0.1, -0.05) is 6.42 Å². The van der Waals surface area contributed by atoms with E-state index in [1.807, 2.05) is 0 Å². The highest BCUT2D eigenvalue weighted by molar-refractivity contribution is 6.18. The Kier molecular flexibility index (Phi) is 3.01. The van der Waals surface area contributed by atoms with Gasteiger partial charge in [0.1, 0.15) is 0 Å². The lowest BCUT2D eigenvalue weighted by Gasteiger charge is -2.28. The van der Waals surface area contributed by atoms with Crippen LogP contribution in [0, 0.1) is 5.92 Å². The zero-order valence-corrected chi connectivity index (χ0v) is 11.2. The van der Waals surface area contributed by atoms with Crippen LogP contribution in [0.15, 0.2) is 17.1 Å². The molecule has 1 atom stereocenters. The maximum Gasteiger partial charge on any atom is 0.173 e. The number of Topliss-reactive ketones (excluding diaryl/α,β-unsaturated/α-hetero) is 1. The summed E-state index contributed by atoms with van der Waals surface area (Å²) in [5.41, 5.74) is 2.42. The molecule has 0 aromatic heterocycles. The van der Waals surface area contributed by atoms with Crippen molar-refractivity contribution in [1.29, 1.82) is 0 Å². The predicted octanol–water partition coefficient (Wildman–Crippen LogP) is 3.16. The smallest absolute Gasteiger partial charge is 0.173 e. The number of hydrogen-bond acceptors (Lipinski definition) is 4. The van der Waals surface area contributed by atoms with Crippen molar-refractivity contribution in [3.63, 3.8) is 0 Å². The second-order valence-electron chi connectivity index (χ2n) is 4.99. The number of ether oxygens (including phenoxy) is 2. The number of methoxy groups -OCH3 is 2. The normalized spacial score (nSPS) is 21.3. The minimum absolute atomic E-state index is 0.0145. The summed E-state index contributed by atoms with van der Waals surface area (Å²) < 4.78 is 10.5. The van der Waals surface area contributed by atoms with E-state index in [-0.39, 0.29) is 11.7 Å². The van der Waals surface area contributed by atoms with E-state index >= 15 is 0 Å². The zero-order chi connectivity index (χ0) is 13.4. The first-order chi connectivity index (χ1) is 9.24. The number of aliphatic imine (C=N–C) groups is 1. The molecule has 1 aromatic carbocycles. The van der Waals surface area contributed by atoms with Crippen LogP contribution < -0.4 is 9.47 Å². The van der Waals surface area contributed by atoms with E-state index in [2.05, 4.69) is 4.99 Å². The molecule has 1 heterocycles. The Morgan fingerprint density at radius 1 is 1.16 bits per heavy atom. The van der Waals surface area contributed by atoms with Gasteiger partial charge >= 0.3 is 0 Å². The molecule has 0 saturated heterocycles. The van der Waals surface area contributed by atoms with Gasteiger partial charge in [0.05, 0.1) is 25.8 Å². The lowest BCUT2D eigenvalue weighted by molar-refractivity contribution is 0.0942. The minimum Gasteiger partial charge on any atom is -0.493 e. The lowest BCUT2D eigenvalue weighted by atomic mass is 9.80. The molecule has 2 aliphatic rings. The maximum atomic E-state index is 12.5. The summed E-state index contributed by atoms with van der Waals surface area (Å²) in [5, 5.41) is 0. The van der Waals surface area contributed by atoms with Crippen molar-refractivity contribution in [3.05, 3.63) is 17.7 Å². The summed E-state index contributed by atoms with van der Waals surface area (Å²) >= 11 is 0. The molecular weight excluding hydrogens is 242 g/mol. The van der Waals surface area contributed by atoms with Gasteiger partial charge in [-0.25, -0.2) is 0 Å². The second-order valence-corrected chi connectivity index (χ2v) is 4.99. The molecule has 4 heteroatoms. The fourth-order valence-corrected chi connectivity index (χ4v) is 2.91. The third kappa shape index (κ3) is 1.91. The topological polar surface area (TPSA) is 47.9 Å². The van der Waals surface area contributed by atoms with E-state index < -0.39 is 0 Å². The third-order valence-corrected chi connectivity index (χ3v) is 3.93. The first kappa shape index (κ1) is 12.2. The van der Waals surface area contributed by atoms with E-state index in [4.69, 9.17) is 9.47 Å². The Balaban J connectivity index is 2.13. The Bertz CT molecular complexity index is 563. The number of ketones is 1. The van der Waals surface area contributed by atoms with E-state index in [1.165, 1.54) is 0 Å². The van der Waals surface area contributed by atoms with Gasteiger partial charge in [-0.05, 0) is 25.3 Å². The Morgan fingerprint density at radius 3 is 2.63 bits per heavy atom. The molecule has 1 aliphatic carbocycles. The Morgan fingerprint density at radius 2 is 1.89 bits per heavy atom. The average molecular weight is 259 g/mol. The maximum absolute atomic E-state index is 12.5. The van der Waals surface area contributed by atoms with Crippen molar-refractivity contribution in [2.45, 2.75) is 25.7 Å². The number of rotatable bonds is 2. The fourth-order valence-electron chi connectivity index (χ4n) is 2.91. The lowest BCUT2D eigenvalue weighted by Crippen LogP contribution is -2.30. The number of fused-ring (bicyclic) bond motifs is 2. The van der Waals surface area contributed by atoms with E-state index in [0.29, 0.717) is 17.1 Å². The van der Waals surface area contributed by atoms with Gasteiger partial charge in [-0.2, -0.15) is 0 Å². The van der Waals surface area contributed by atoms with Crippen molar-refractivity contribution in [2.24, 2.45) is 10.9 Å². The highest BCUT2D eigenvalue weighted by atomic mass is 16.5. The summed E-state index contributed by atoms with van der Waals surface area (Å²) in [5.74, 6) is 1.37. The molecule has 0 radical (unpaired) electrons. The molecule has 1 aliphatic heterocycles. The zero-order valence-electron chi connectivity index (χ0n) is 11.2. The van der Waals surface area contributed by atoms with E-state index in [1.54, 1.807) is 26.4 Å². The minimum atomic E-state index is -0.0145. The van der Waals surface area contributed by atoms with Crippen molar-refractivity contribution < 1.29 is 14.3 Å². The molecular formula is C15H17NO3. The van der Waals surface area contributed by atoms with Gasteiger partial charge in [0.2, 0.25) is 0 Å². The SMILES string of the molecule is COc1cc2c(cc1OC)C(=O)C1CCCCC1=N2. The molecule has 1 fully saturated rings. The Hall–Kier alpha value is -1.84. The first-order valence-corrected chi connectivity index (χ1v) is 6.62. The highest BCUT2D eigenvalue weighted by Crippen LogP contribution is 2.41. The van der Waals surface area contributed by atoms with Gasteiger partial charge in [0, 0.05) is 17.3 Å². The molecule has 4 nitrogen and oxygen atoms in total. The summed E-state index contributed by atoms with van der Waals surface area (Å²) in [6.07, 6.45) is 4.10. The molecule has 100 valence electrons. The summed E-state index contributed by atoms with van der Waals surface area (Å²) in [4.78, 5) is 17.2. The van der Waals surface area contributed by atoms with Crippen molar-refractivity contribution >= 4 is 17.2 Å². The van der Waals surface area contributed by atoms with Gasteiger partial charge in [0.15, 0.2) is 17.3 Å². The molecule has 1 aromatic rings. The molecule has 19 heavy (non-hydrogen) atoms. The highest BCUT2D eigenvalue weighted by Gasteiger charge is 2.33. The van der Waals surface area contributed by atoms with Crippen LogP contribution in [0.1, 0.15) is 36.0 Å². The standard InChI is InChI=1S/C15H17NO3/c1-18-13-7-10-12(8-14(13)19-2)16-11-6-4-3-5-9(11)15(10)17/h7-9H,3-6H2,1-2H3. The van der Waals surface area contributed by atoms with Crippen LogP contribution in [0.25, 0.3) is 0 Å². The van der Waals surface area contributed by atoms with Crippen molar-refractivity contribution in [3.8, 4) is 11.5 Å². The van der Waals surface area contributed by atoms with Gasteiger partial charge in [0.25, 0.3) is 0 Å². The van der Waals surface area contributed by atoms with Crippen LogP contribution in [-0.4, -0.2) is 25.7 Å². The monoisotopic (exact) mass is 259 g/mol. The second kappa shape index (κ2) is 4.68. The molecule has 0 spiro atoms. The molecule has 1 unspecified atom stereocenters. The molecule has 3 rings (SSSR count). The summed E-state index contributed by atoms with van der Waals surface area (Å²) in [7, 11) is 3.16. The summed E-state index contributed by atoms with van der Waals surface area (Å²) in [6, 6.07) is 3.55. The number of hydrogen-bond donors (Lipinski definition) is 0. The van der Waals surface area contributed by atoms with Crippen molar-refractivity contribution in [2.75, 3.05) is 14.2 Å². The Labute approximate surface area is 112 Å². The van der Waals surface area contributed by atoms with Gasteiger partial charge in [-0.3, -0.25) is 9.79 Å². The molecule has 0 bridgehead atoms. The first-order valence-electron chi connectivity index (χ1n) is 6.62. The largest absolute Gasteiger partial charge is 0.493 e. The van der Waals surface area contributed by atoms with Crippen LogP contribution in [0.4, 0.5) is 5.69 Å². The molecule has 1 saturated carbocycles. The van der Waals surface area contributed by atoms with Gasteiger partial charge in [-0.15, -0.1) is 0 Å². The van der Waals surface area contributed by atoms with Crippen molar-refractivity contribution in [1.82, 2.24) is 0 Å². The predicted molar refractivity (Wildman–Crippen MR) is 72.9 cm³/mol. The quantitative estimate of drug-likeness (QED) is 0.819. The van der Waals surface area contributed by atoms with Crippen LogP contribution in [0.5, 0.6) is 11.5 Å². The molecule has 0 N–H and O–H groups in total. The van der Waals surface area contributed by atoms with Gasteiger partial charge < -0.3 is 9.47 Å².